The highest BCUT2D eigenvalue weighted by Crippen LogP contribution is 2.50. The summed E-state index contributed by atoms with van der Waals surface area (Å²) in [6.07, 6.45) is -13.1. The average Bonchev–Trinajstić information content (AvgIpc) is 0.793. The Labute approximate surface area is 501 Å². The van der Waals surface area contributed by atoms with Crippen LogP contribution in [0.3, 0.4) is 0 Å². The van der Waals surface area contributed by atoms with Gasteiger partial charge in [-0.05, 0) is 139 Å². The first-order valence-electron chi connectivity index (χ1n) is 26.6. The van der Waals surface area contributed by atoms with Gasteiger partial charge in [0.2, 0.25) is 10.0 Å². The molecule has 0 aliphatic carbocycles. The minimum atomic E-state index is -4.94. The maximum absolute atomic E-state index is 13.4. The number of sulfonamides is 1. The number of carbonyl (C=O) groups is 2. The zero-order valence-corrected chi connectivity index (χ0v) is 49.7. The molecule has 20 nitrogen and oxygen atoms in total. The van der Waals surface area contributed by atoms with Crippen LogP contribution >= 0.6 is 10.7 Å². The SMILES string of the molecule is CC(C)(C)OC(=O)N1C[C@@H](N)[C@H](O)[C@@H](N2c3ccccc3Oc3ccccc32)C1.CC(C)(C)OC(=O)N1C[C@@H](NS(=O)(=O)c2ccc(OC(F)(F)F)cc2)[C@H](O)[C@@H](N2c3ccccc3Oc3ccccc32)C1.O=S(=O)(Cl)c1ccc(OC(F)(F)F)cc1. The molecule has 2 amide bonds. The maximum Gasteiger partial charge on any atom is 0.573 e. The molecular formula is C58H61ClF6N6O14S2. The van der Waals surface area contributed by atoms with Crippen LogP contribution in [0.15, 0.2) is 155 Å². The number of aliphatic hydroxyl groups excluding tert-OH is 2. The van der Waals surface area contributed by atoms with Gasteiger partial charge in [0.1, 0.15) is 22.7 Å². The molecule has 0 radical (unpaired) electrons. The van der Waals surface area contributed by atoms with Crippen molar-refractivity contribution in [2.24, 2.45) is 5.73 Å². The summed E-state index contributed by atoms with van der Waals surface area (Å²) in [5.41, 5.74) is 7.64. The van der Waals surface area contributed by atoms with Gasteiger partial charge in [0.15, 0.2) is 23.0 Å². The second-order valence-electron chi connectivity index (χ2n) is 22.1. The summed E-state index contributed by atoms with van der Waals surface area (Å²) in [6, 6.07) is 33.6. The number of hydrogen-bond acceptors (Lipinski definition) is 17. The Bertz CT molecular complexity index is 3560. The minimum absolute atomic E-state index is 0.0273. The Morgan fingerprint density at radius 1 is 0.529 bits per heavy atom. The Morgan fingerprint density at radius 3 is 1.21 bits per heavy atom. The third-order valence-corrected chi connectivity index (χ3v) is 16.1. The number of para-hydroxylation sites is 8. The van der Waals surface area contributed by atoms with E-state index in [0.717, 1.165) is 59.9 Å². The predicted octanol–water partition coefficient (Wildman–Crippen LogP) is 10.9. The molecule has 0 bridgehead atoms. The van der Waals surface area contributed by atoms with Crippen LogP contribution in [0.5, 0.6) is 34.5 Å². The van der Waals surface area contributed by atoms with Crippen LogP contribution in [0, 0.1) is 0 Å². The summed E-state index contributed by atoms with van der Waals surface area (Å²) < 4.78 is 154. The molecule has 468 valence electrons. The molecule has 2 saturated heterocycles. The lowest BCUT2D eigenvalue weighted by Crippen LogP contribution is -2.66. The van der Waals surface area contributed by atoms with E-state index in [4.69, 9.17) is 35.4 Å². The number of ether oxygens (including phenoxy) is 6. The van der Waals surface area contributed by atoms with Crippen molar-refractivity contribution in [1.82, 2.24) is 14.5 Å². The summed E-state index contributed by atoms with van der Waals surface area (Å²) in [5.74, 6) is 1.29. The van der Waals surface area contributed by atoms with Crippen molar-refractivity contribution < 1.29 is 91.4 Å². The Balaban J connectivity index is 0.000000191. The van der Waals surface area contributed by atoms with Crippen LogP contribution < -0.4 is 39.2 Å². The van der Waals surface area contributed by atoms with Gasteiger partial charge in [0.25, 0.3) is 9.05 Å². The van der Waals surface area contributed by atoms with Gasteiger partial charge in [-0.15, -0.1) is 26.3 Å². The highest BCUT2D eigenvalue weighted by Gasteiger charge is 2.47. The fraction of sp³-hybridized carbons (Fsp3) is 0.345. The first-order valence-corrected chi connectivity index (χ1v) is 30.4. The number of nitrogens with two attached hydrogens (primary N) is 1. The van der Waals surface area contributed by atoms with Crippen molar-refractivity contribution in [3.63, 3.8) is 0 Å². The topological polar surface area (TPSA) is 249 Å². The molecule has 0 unspecified atom stereocenters. The number of fused-ring (bicyclic) bond motifs is 4. The highest BCUT2D eigenvalue weighted by atomic mass is 35.7. The van der Waals surface area contributed by atoms with Crippen molar-refractivity contribution in [2.45, 2.75) is 112 Å². The Kier molecular flexibility index (Phi) is 19.2. The molecule has 0 aromatic heterocycles. The molecule has 0 spiro atoms. The zero-order valence-electron chi connectivity index (χ0n) is 47.3. The number of alkyl halides is 6. The number of piperidine rings is 2. The molecule has 2 fully saturated rings. The van der Waals surface area contributed by atoms with Crippen molar-refractivity contribution in [3.05, 3.63) is 146 Å². The number of carbonyl (C=O) groups excluding carboxylic acids is 2. The van der Waals surface area contributed by atoms with Crippen LogP contribution in [-0.4, -0.2) is 136 Å². The number of halogens is 7. The first-order chi connectivity index (χ1) is 40.5. The van der Waals surface area contributed by atoms with Gasteiger partial charge >= 0.3 is 24.9 Å². The van der Waals surface area contributed by atoms with Gasteiger partial charge < -0.3 is 64.0 Å². The molecule has 6 aromatic carbocycles. The van der Waals surface area contributed by atoms with Crippen molar-refractivity contribution in [3.8, 4) is 34.5 Å². The maximum atomic E-state index is 13.4. The van der Waals surface area contributed by atoms with Gasteiger partial charge in [-0.3, -0.25) is 0 Å². The predicted molar refractivity (Wildman–Crippen MR) is 307 cm³/mol. The molecule has 10 rings (SSSR count). The van der Waals surface area contributed by atoms with Crippen LogP contribution in [-0.2, 0) is 28.5 Å². The molecule has 6 aromatic rings. The third-order valence-electron chi connectivity index (χ3n) is 13.2. The van der Waals surface area contributed by atoms with Gasteiger partial charge in [0.05, 0.1) is 68.9 Å². The number of hydrogen-bond donors (Lipinski definition) is 4. The average molecular weight is 1280 g/mol. The van der Waals surface area contributed by atoms with E-state index in [1.165, 1.54) is 4.90 Å². The summed E-state index contributed by atoms with van der Waals surface area (Å²) >= 11 is 0. The molecule has 0 saturated carbocycles. The van der Waals surface area contributed by atoms with E-state index in [9.17, 15) is 63.0 Å². The fourth-order valence-corrected chi connectivity index (χ4v) is 11.7. The Hall–Kier alpha value is -7.73. The molecular weight excluding hydrogens is 1220 g/mol. The number of nitrogens with zero attached hydrogens (tertiary/aromatic N) is 4. The van der Waals surface area contributed by atoms with Crippen LogP contribution in [0.4, 0.5) is 58.7 Å². The van der Waals surface area contributed by atoms with E-state index in [2.05, 4.69) is 14.2 Å². The second-order valence-corrected chi connectivity index (χ2v) is 26.3. The van der Waals surface area contributed by atoms with Crippen LogP contribution in [0.1, 0.15) is 41.5 Å². The van der Waals surface area contributed by atoms with Gasteiger partial charge in [-0.25, -0.2) is 31.1 Å². The summed E-state index contributed by atoms with van der Waals surface area (Å²) in [6.45, 7) is 10.8. The van der Waals surface area contributed by atoms with E-state index in [0.29, 0.717) is 34.4 Å². The smallest absolute Gasteiger partial charge is 0.453 e. The molecule has 6 atom stereocenters. The molecule has 87 heavy (non-hydrogen) atoms. The number of aliphatic hydroxyl groups is 2. The van der Waals surface area contributed by atoms with E-state index in [1.54, 1.807) is 79.1 Å². The molecule has 4 aliphatic rings. The summed E-state index contributed by atoms with van der Waals surface area (Å²) in [7, 11) is -3.36. The lowest BCUT2D eigenvalue weighted by molar-refractivity contribution is -0.275. The number of likely N-dealkylation sites (tertiary alicyclic amines) is 2. The minimum Gasteiger partial charge on any atom is -0.453 e. The fourth-order valence-electron chi connectivity index (χ4n) is 9.68. The van der Waals surface area contributed by atoms with E-state index >= 15 is 0 Å². The molecule has 4 aliphatic heterocycles. The quantitative estimate of drug-likeness (QED) is 0.0817. The third kappa shape index (κ3) is 16.7. The molecule has 4 heterocycles. The normalized spacial score (nSPS) is 20.2. The van der Waals surface area contributed by atoms with E-state index in [-0.39, 0.29) is 36.0 Å². The molecule has 29 heteroatoms. The molecule has 5 N–H and O–H groups in total. The Morgan fingerprint density at radius 2 is 0.862 bits per heavy atom. The van der Waals surface area contributed by atoms with Crippen molar-refractivity contribution in [2.75, 3.05) is 36.0 Å². The number of anilines is 4. The van der Waals surface area contributed by atoms with Gasteiger partial charge in [-0.1, -0.05) is 48.5 Å². The van der Waals surface area contributed by atoms with Crippen molar-refractivity contribution >= 4 is 64.7 Å². The van der Waals surface area contributed by atoms with Crippen LogP contribution in [0.2, 0.25) is 0 Å². The first kappa shape index (κ1) is 65.2. The monoisotopic (exact) mass is 1280 g/mol. The van der Waals surface area contributed by atoms with E-state index in [1.807, 2.05) is 74.2 Å². The highest BCUT2D eigenvalue weighted by molar-refractivity contribution is 8.13. The van der Waals surface area contributed by atoms with Gasteiger partial charge in [0, 0.05) is 36.9 Å². The summed E-state index contributed by atoms with van der Waals surface area (Å²) in [4.78, 5) is 32.0. The lowest BCUT2D eigenvalue weighted by atomic mass is 9.94. The number of rotatable bonds is 8. The van der Waals surface area contributed by atoms with E-state index < -0.39 is 103 Å². The second kappa shape index (κ2) is 25.5. The zero-order chi connectivity index (χ0) is 63.6. The van der Waals surface area contributed by atoms with Crippen LogP contribution in [0.25, 0.3) is 0 Å². The standard InChI is InChI=1S/C29H30F3N3O7S.C22H27N3O4.C7H4ClF3O3S/c1-28(2,3)42-27(37)34-16-20(33-43(38,39)19-14-12-18(13-15-19)41-29(30,31)32)26(36)23(17-34)35-21-8-4-6-10-24(21)40-25-11-7-5-9-22(25)35;1-22(2,3)29-21(27)24-12-14(23)20(26)17(13-24)25-15-8-4-6-10-18(15)28-19-11-7-5-9-16(19)25;8-15(12,13)6-3-1-5(2-4-6)14-7(9,10)11/h4-15,20,23,26,33,36H,16-17H2,1-3H3;4-11,14,17,20,26H,12-13,23H2,1-3H3;1-4H/t20-,23+,26+;14-,17+,20+;/m11./s1. The number of benzene rings is 6. The number of amides is 2. The van der Waals surface area contributed by atoms with Gasteiger partial charge in [-0.2, -0.15) is 0 Å². The van der Waals surface area contributed by atoms with Crippen molar-refractivity contribution in [1.29, 1.82) is 0 Å². The summed E-state index contributed by atoms with van der Waals surface area (Å²) in [5, 5.41) is 22.7. The largest absolute Gasteiger partial charge is 0.573 e. The lowest BCUT2D eigenvalue weighted by Gasteiger charge is -2.48. The number of nitrogens with one attached hydrogen (secondary N) is 1.